The van der Waals surface area contributed by atoms with Crippen LogP contribution >= 0.6 is 0 Å². The first-order valence-electron chi connectivity index (χ1n) is 8.17. The van der Waals surface area contributed by atoms with E-state index in [-0.39, 0.29) is 18.4 Å². The molecule has 0 fully saturated rings. The molecule has 5 nitrogen and oxygen atoms in total. The van der Waals surface area contributed by atoms with E-state index in [9.17, 15) is 14.3 Å². The number of amides is 2. The van der Waals surface area contributed by atoms with E-state index in [0.29, 0.717) is 12.1 Å². The molecule has 2 aromatic carbocycles. The number of anilines is 1. The molecule has 0 spiro atoms. The normalized spacial score (nSPS) is 11.7. The van der Waals surface area contributed by atoms with Gasteiger partial charge < -0.3 is 20.6 Å². The van der Waals surface area contributed by atoms with E-state index in [0.717, 1.165) is 17.7 Å². The Labute approximate surface area is 147 Å². The molecule has 0 aliphatic carbocycles. The number of aliphatic hydroxyl groups is 1. The van der Waals surface area contributed by atoms with E-state index >= 15 is 0 Å². The summed E-state index contributed by atoms with van der Waals surface area (Å²) in [6, 6.07) is 13.4. The third-order valence-electron chi connectivity index (χ3n) is 3.86. The summed E-state index contributed by atoms with van der Waals surface area (Å²) >= 11 is 0. The van der Waals surface area contributed by atoms with Crippen LogP contribution in [0.5, 0.6) is 0 Å². The Balaban J connectivity index is 1.69. The molecule has 6 heteroatoms. The van der Waals surface area contributed by atoms with Crippen LogP contribution in [0.3, 0.4) is 0 Å². The molecule has 0 heterocycles. The number of urea groups is 1. The van der Waals surface area contributed by atoms with Crippen LogP contribution in [-0.4, -0.2) is 38.3 Å². The largest absolute Gasteiger partial charge is 0.387 e. The summed E-state index contributed by atoms with van der Waals surface area (Å²) in [7, 11) is 3.97. The van der Waals surface area contributed by atoms with Gasteiger partial charge in [-0.15, -0.1) is 0 Å². The molecule has 0 aromatic heterocycles. The Hall–Kier alpha value is -2.60. The zero-order valence-electron chi connectivity index (χ0n) is 14.5. The fourth-order valence-electron chi connectivity index (χ4n) is 2.34. The maximum Gasteiger partial charge on any atom is 0.314 e. The van der Waals surface area contributed by atoms with Gasteiger partial charge in [0.05, 0.1) is 6.10 Å². The lowest BCUT2D eigenvalue weighted by atomic mass is 10.1. The average Bonchev–Trinajstić information content (AvgIpc) is 2.60. The van der Waals surface area contributed by atoms with Crippen LogP contribution in [0.4, 0.5) is 14.9 Å². The van der Waals surface area contributed by atoms with Crippen molar-refractivity contribution in [3.63, 3.8) is 0 Å². The summed E-state index contributed by atoms with van der Waals surface area (Å²) in [5.74, 6) is -0.361. The Morgan fingerprint density at radius 1 is 1.08 bits per heavy atom. The third kappa shape index (κ3) is 6.08. The monoisotopic (exact) mass is 345 g/mol. The minimum absolute atomic E-state index is 0.0645. The minimum atomic E-state index is -0.870. The Kier molecular flexibility index (Phi) is 6.77. The highest BCUT2D eigenvalue weighted by Gasteiger charge is 2.09. The van der Waals surface area contributed by atoms with Crippen LogP contribution in [0.2, 0.25) is 0 Å². The molecule has 0 saturated heterocycles. The smallest absolute Gasteiger partial charge is 0.314 e. The van der Waals surface area contributed by atoms with E-state index in [2.05, 4.69) is 10.6 Å². The predicted octanol–water partition coefficient (Wildman–Crippen LogP) is 2.47. The van der Waals surface area contributed by atoms with Gasteiger partial charge in [0.25, 0.3) is 0 Å². The van der Waals surface area contributed by atoms with Crippen LogP contribution in [0.25, 0.3) is 0 Å². The van der Waals surface area contributed by atoms with Crippen molar-refractivity contribution < 1.29 is 14.3 Å². The van der Waals surface area contributed by atoms with Crippen molar-refractivity contribution in [3.05, 3.63) is 65.5 Å². The van der Waals surface area contributed by atoms with Gasteiger partial charge in [0, 0.05) is 32.9 Å². The van der Waals surface area contributed by atoms with Crippen LogP contribution in [0.1, 0.15) is 17.2 Å². The molecule has 2 aromatic rings. The van der Waals surface area contributed by atoms with Gasteiger partial charge in [-0.1, -0.05) is 24.3 Å². The molecule has 0 saturated carbocycles. The molecule has 0 aliphatic rings. The number of hydrogen-bond donors (Lipinski definition) is 3. The third-order valence-corrected chi connectivity index (χ3v) is 3.86. The SMILES string of the molecule is CN(C)c1ccc(CCNC(=O)NCC(O)c2ccc(F)cc2)cc1. The molecule has 0 aliphatic heterocycles. The molecule has 0 radical (unpaired) electrons. The van der Waals surface area contributed by atoms with Crippen molar-refractivity contribution >= 4 is 11.7 Å². The van der Waals surface area contributed by atoms with Gasteiger partial charge in [-0.2, -0.15) is 0 Å². The first-order valence-corrected chi connectivity index (χ1v) is 8.17. The number of carbonyl (C=O) groups excluding carboxylic acids is 1. The Morgan fingerprint density at radius 3 is 2.32 bits per heavy atom. The topological polar surface area (TPSA) is 64.6 Å². The maximum atomic E-state index is 12.8. The van der Waals surface area contributed by atoms with E-state index in [1.54, 1.807) is 0 Å². The lowest BCUT2D eigenvalue weighted by molar-refractivity contribution is 0.173. The summed E-state index contributed by atoms with van der Waals surface area (Å²) in [6.07, 6.45) is -0.147. The van der Waals surface area contributed by atoms with Crippen molar-refractivity contribution in [1.82, 2.24) is 10.6 Å². The molecule has 134 valence electrons. The van der Waals surface area contributed by atoms with Gasteiger partial charge in [0.15, 0.2) is 0 Å². The minimum Gasteiger partial charge on any atom is -0.387 e. The van der Waals surface area contributed by atoms with Crippen molar-refractivity contribution in [3.8, 4) is 0 Å². The Bertz CT molecular complexity index is 672. The van der Waals surface area contributed by atoms with E-state index in [1.165, 1.54) is 24.3 Å². The van der Waals surface area contributed by atoms with Gasteiger partial charge in [-0.3, -0.25) is 0 Å². The number of rotatable bonds is 7. The van der Waals surface area contributed by atoms with Gasteiger partial charge in [0.1, 0.15) is 5.82 Å². The maximum absolute atomic E-state index is 12.8. The number of benzene rings is 2. The number of aliphatic hydroxyl groups excluding tert-OH is 1. The second-order valence-corrected chi connectivity index (χ2v) is 6.02. The zero-order valence-corrected chi connectivity index (χ0v) is 14.5. The average molecular weight is 345 g/mol. The first-order chi connectivity index (χ1) is 12.0. The van der Waals surface area contributed by atoms with E-state index in [4.69, 9.17) is 0 Å². The van der Waals surface area contributed by atoms with E-state index in [1.807, 2.05) is 43.3 Å². The fraction of sp³-hybridized carbons (Fsp3) is 0.316. The molecule has 0 bridgehead atoms. The molecule has 25 heavy (non-hydrogen) atoms. The van der Waals surface area contributed by atoms with E-state index < -0.39 is 6.10 Å². The quantitative estimate of drug-likeness (QED) is 0.722. The number of carbonyl (C=O) groups is 1. The highest BCUT2D eigenvalue weighted by Crippen LogP contribution is 2.13. The molecular formula is C19H24FN3O2. The van der Waals surface area contributed by atoms with Crippen molar-refractivity contribution in [2.75, 3.05) is 32.1 Å². The molecule has 1 atom stereocenters. The summed E-state index contributed by atoms with van der Waals surface area (Å²) in [5, 5.41) is 15.3. The van der Waals surface area contributed by atoms with Crippen molar-refractivity contribution in [2.24, 2.45) is 0 Å². The predicted molar refractivity (Wildman–Crippen MR) is 97.2 cm³/mol. The highest BCUT2D eigenvalue weighted by atomic mass is 19.1. The first kappa shape index (κ1) is 18.7. The summed E-state index contributed by atoms with van der Waals surface area (Å²) in [6.45, 7) is 0.564. The van der Waals surface area contributed by atoms with Crippen LogP contribution < -0.4 is 15.5 Å². The number of halogens is 1. The Morgan fingerprint density at radius 2 is 1.72 bits per heavy atom. The van der Waals surface area contributed by atoms with Crippen molar-refractivity contribution in [1.29, 1.82) is 0 Å². The lowest BCUT2D eigenvalue weighted by Crippen LogP contribution is -2.38. The fourth-order valence-corrected chi connectivity index (χ4v) is 2.34. The van der Waals surface area contributed by atoms with Crippen molar-refractivity contribution in [2.45, 2.75) is 12.5 Å². The molecule has 1 unspecified atom stereocenters. The van der Waals surface area contributed by atoms with Crippen LogP contribution in [0, 0.1) is 5.82 Å². The van der Waals surface area contributed by atoms with Gasteiger partial charge in [-0.05, 0) is 41.8 Å². The van der Waals surface area contributed by atoms with Gasteiger partial charge >= 0.3 is 6.03 Å². The van der Waals surface area contributed by atoms with Crippen LogP contribution in [-0.2, 0) is 6.42 Å². The lowest BCUT2D eigenvalue weighted by Gasteiger charge is -2.14. The molecule has 2 amide bonds. The molecule has 2 rings (SSSR count). The summed E-state index contributed by atoms with van der Waals surface area (Å²) < 4.78 is 12.8. The highest BCUT2D eigenvalue weighted by molar-refractivity contribution is 5.73. The summed E-state index contributed by atoms with van der Waals surface area (Å²) in [5.41, 5.74) is 2.82. The van der Waals surface area contributed by atoms with Gasteiger partial charge in [-0.25, -0.2) is 9.18 Å². The number of hydrogen-bond acceptors (Lipinski definition) is 3. The second kappa shape index (κ2) is 9.03. The zero-order chi connectivity index (χ0) is 18.2. The van der Waals surface area contributed by atoms with Crippen LogP contribution in [0.15, 0.2) is 48.5 Å². The second-order valence-electron chi connectivity index (χ2n) is 6.02. The molecular weight excluding hydrogens is 321 g/mol. The number of nitrogens with one attached hydrogen (secondary N) is 2. The molecule has 3 N–H and O–H groups in total. The van der Waals surface area contributed by atoms with Gasteiger partial charge in [0.2, 0.25) is 0 Å². The summed E-state index contributed by atoms with van der Waals surface area (Å²) in [4.78, 5) is 13.8. The standard InChI is InChI=1S/C19H24FN3O2/c1-23(2)17-9-3-14(4-10-17)11-12-21-19(25)22-13-18(24)15-5-7-16(20)8-6-15/h3-10,18,24H,11-13H2,1-2H3,(H2,21,22,25). The number of nitrogens with zero attached hydrogens (tertiary/aromatic N) is 1.